The molecule has 1 atom stereocenters. The molecule has 34 heavy (non-hydrogen) atoms. The van der Waals surface area contributed by atoms with Crippen LogP contribution in [-0.2, 0) is 29.9 Å². The third-order valence-corrected chi connectivity index (χ3v) is 6.60. The van der Waals surface area contributed by atoms with Gasteiger partial charge in [0.15, 0.2) is 5.82 Å². The molecule has 2 aromatic heterocycles. The molecule has 6 nitrogen and oxygen atoms in total. The fourth-order valence-electron chi connectivity index (χ4n) is 3.85. The first-order chi connectivity index (χ1) is 16.1. The van der Waals surface area contributed by atoms with Crippen molar-refractivity contribution >= 4 is 33.3 Å². The van der Waals surface area contributed by atoms with Gasteiger partial charge in [0.25, 0.3) is 5.89 Å². The lowest BCUT2D eigenvalue weighted by Gasteiger charge is -2.11. The van der Waals surface area contributed by atoms with Gasteiger partial charge in [-0.2, -0.15) is 23.4 Å². The van der Waals surface area contributed by atoms with Gasteiger partial charge in [0.1, 0.15) is 0 Å². The first-order valence-corrected chi connectivity index (χ1v) is 12.2. The predicted octanol–water partition coefficient (Wildman–Crippen LogP) is 5.97. The Morgan fingerprint density at radius 1 is 1.24 bits per heavy atom. The van der Waals surface area contributed by atoms with Crippen molar-refractivity contribution in [2.24, 2.45) is 0 Å². The summed E-state index contributed by atoms with van der Waals surface area (Å²) in [4.78, 5) is 4.91. The molecule has 4 aromatic rings. The number of hydrogen-bond acceptors (Lipinski definition) is 5. The molecular formula is C23H18ClF3N4O2S. The Hall–Kier alpha value is -3.16. The first-order valence-electron chi connectivity index (χ1n) is 10.2. The summed E-state index contributed by atoms with van der Waals surface area (Å²) in [5.74, 6) is 0.352. The zero-order valence-corrected chi connectivity index (χ0v) is 19.7. The van der Waals surface area contributed by atoms with Gasteiger partial charge >= 0.3 is 6.18 Å². The third kappa shape index (κ3) is 4.45. The van der Waals surface area contributed by atoms with Crippen LogP contribution in [0.15, 0.2) is 45.8 Å². The van der Waals surface area contributed by atoms with Gasteiger partial charge in [0, 0.05) is 38.5 Å². The Morgan fingerprint density at radius 3 is 2.65 bits per heavy atom. The Kier molecular flexibility index (Phi) is 6.51. The van der Waals surface area contributed by atoms with Crippen LogP contribution in [-0.4, -0.2) is 25.2 Å². The summed E-state index contributed by atoms with van der Waals surface area (Å²) < 4.78 is 60.3. The quantitative estimate of drug-likeness (QED) is 0.321. The van der Waals surface area contributed by atoms with E-state index in [1.54, 1.807) is 28.8 Å². The average Bonchev–Trinajstić information content (AvgIpc) is 3.38. The summed E-state index contributed by atoms with van der Waals surface area (Å²) in [6.07, 6.45) is -1.92. The molecule has 0 radical (unpaired) electrons. The summed E-state index contributed by atoms with van der Waals surface area (Å²) in [6.45, 7) is 1.98. The molecule has 176 valence electrons. The molecule has 0 aliphatic carbocycles. The molecule has 0 spiro atoms. The molecule has 4 rings (SSSR count). The van der Waals surface area contributed by atoms with E-state index in [4.69, 9.17) is 16.1 Å². The Balaban J connectivity index is 1.80. The van der Waals surface area contributed by atoms with Crippen LogP contribution in [0, 0.1) is 11.3 Å². The lowest BCUT2D eigenvalue weighted by atomic mass is 10.0. The van der Waals surface area contributed by atoms with E-state index >= 15 is 0 Å². The molecule has 2 heterocycles. The van der Waals surface area contributed by atoms with E-state index in [0.29, 0.717) is 39.5 Å². The molecule has 0 aliphatic rings. The van der Waals surface area contributed by atoms with E-state index in [0.717, 1.165) is 0 Å². The first kappa shape index (κ1) is 24.0. The Morgan fingerprint density at radius 2 is 2.00 bits per heavy atom. The second-order valence-corrected chi connectivity index (χ2v) is 9.40. The summed E-state index contributed by atoms with van der Waals surface area (Å²) in [5, 5.41) is 13.5. The van der Waals surface area contributed by atoms with Crippen LogP contribution in [0.3, 0.4) is 0 Å². The van der Waals surface area contributed by atoms with E-state index in [1.807, 2.05) is 6.92 Å². The number of halogens is 4. The zero-order valence-electron chi connectivity index (χ0n) is 18.1. The standard InChI is InChI=1S/C23H18ClF3N4O2S/c1-3-4-14-9-17-19(8-5-13(11-28)21(17)23(25,26)27)31(14)12-20-29-22(33-30-20)16-10-15(34(2)32)6-7-18(16)24/h5-10H,3-4,12H2,1-2H3. The lowest BCUT2D eigenvalue weighted by Crippen LogP contribution is -2.09. The summed E-state index contributed by atoms with van der Waals surface area (Å²) in [5.41, 5.74) is 0.0177. The number of fused-ring (bicyclic) bond motifs is 1. The predicted molar refractivity (Wildman–Crippen MR) is 122 cm³/mol. The minimum Gasteiger partial charge on any atom is -0.337 e. The van der Waals surface area contributed by atoms with Crippen LogP contribution in [0.5, 0.6) is 0 Å². The molecule has 0 fully saturated rings. The monoisotopic (exact) mass is 506 g/mol. The number of nitriles is 1. The van der Waals surface area contributed by atoms with Crippen molar-refractivity contribution in [2.75, 3.05) is 6.26 Å². The van der Waals surface area contributed by atoms with Gasteiger partial charge in [-0.1, -0.05) is 30.1 Å². The van der Waals surface area contributed by atoms with Gasteiger partial charge in [0.05, 0.1) is 34.3 Å². The maximum absolute atomic E-state index is 13.8. The molecule has 11 heteroatoms. The van der Waals surface area contributed by atoms with Gasteiger partial charge in [-0.3, -0.25) is 4.21 Å². The average molecular weight is 507 g/mol. The van der Waals surface area contributed by atoms with Gasteiger partial charge in [-0.05, 0) is 42.8 Å². The molecule has 2 aromatic carbocycles. The molecular weight excluding hydrogens is 489 g/mol. The van der Waals surface area contributed by atoms with Gasteiger partial charge in [-0.15, -0.1) is 0 Å². The molecule has 0 N–H and O–H groups in total. The highest BCUT2D eigenvalue weighted by Gasteiger charge is 2.36. The molecule has 1 unspecified atom stereocenters. The summed E-state index contributed by atoms with van der Waals surface area (Å²) >= 11 is 6.26. The summed E-state index contributed by atoms with van der Waals surface area (Å²) in [7, 11) is -1.24. The number of nitrogens with zero attached hydrogens (tertiary/aromatic N) is 4. The highest BCUT2D eigenvalue weighted by atomic mass is 35.5. The summed E-state index contributed by atoms with van der Waals surface area (Å²) in [6, 6.07) is 10.6. The van der Waals surface area contributed by atoms with Gasteiger partial charge in [0.2, 0.25) is 0 Å². The Labute approximate surface area is 200 Å². The van der Waals surface area contributed by atoms with E-state index in [-0.39, 0.29) is 23.6 Å². The second-order valence-electron chi connectivity index (χ2n) is 7.61. The maximum Gasteiger partial charge on any atom is 0.418 e. The highest BCUT2D eigenvalue weighted by molar-refractivity contribution is 7.84. The molecule has 0 aliphatic heterocycles. The van der Waals surface area contributed by atoms with Crippen LogP contribution in [0.4, 0.5) is 13.2 Å². The topological polar surface area (TPSA) is 84.7 Å². The van der Waals surface area contributed by atoms with Crippen molar-refractivity contribution in [3.63, 3.8) is 0 Å². The van der Waals surface area contributed by atoms with Crippen LogP contribution >= 0.6 is 11.6 Å². The number of aryl methyl sites for hydroxylation is 1. The number of aromatic nitrogens is 3. The van der Waals surface area contributed by atoms with Crippen molar-refractivity contribution in [2.45, 2.75) is 37.4 Å². The number of alkyl halides is 3. The van der Waals surface area contributed by atoms with Crippen LogP contribution in [0.2, 0.25) is 5.02 Å². The van der Waals surface area contributed by atoms with E-state index in [2.05, 4.69) is 10.1 Å². The maximum atomic E-state index is 13.8. The van der Waals surface area contributed by atoms with Gasteiger partial charge in [-0.25, -0.2) is 0 Å². The molecule has 0 bridgehead atoms. The van der Waals surface area contributed by atoms with Crippen molar-refractivity contribution < 1.29 is 21.9 Å². The highest BCUT2D eigenvalue weighted by Crippen LogP contribution is 2.39. The van der Waals surface area contributed by atoms with Crippen LogP contribution in [0.25, 0.3) is 22.4 Å². The molecule has 0 amide bonds. The second kappa shape index (κ2) is 9.24. The lowest BCUT2D eigenvalue weighted by molar-refractivity contribution is -0.136. The van der Waals surface area contributed by atoms with E-state index < -0.39 is 28.1 Å². The normalized spacial score (nSPS) is 12.7. The van der Waals surface area contributed by atoms with Crippen LogP contribution in [0.1, 0.15) is 36.0 Å². The van der Waals surface area contributed by atoms with E-state index in [9.17, 15) is 22.6 Å². The number of rotatable bonds is 6. The zero-order chi connectivity index (χ0) is 24.6. The third-order valence-electron chi connectivity index (χ3n) is 5.35. The van der Waals surface area contributed by atoms with Crippen molar-refractivity contribution in [1.29, 1.82) is 5.26 Å². The molecule has 0 saturated heterocycles. The Bertz CT molecular complexity index is 1450. The van der Waals surface area contributed by atoms with Gasteiger partial charge < -0.3 is 9.09 Å². The number of benzene rings is 2. The fraction of sp³-hybridized carbons (Fsp3) is 0.261. The minimum atomic E-state index is -4.68. The minimum absolute atomic E-state index is 0.0418. The fourth-order valence-corrected chi connectivity index (χ4v) is 4.60. The van der Waals surface area contributed by atoms with Crippen molar-refractivity contribution in [1.82, 2.24) is 14.7 Å². The van der Waals surface area contributed by atoms with E-state index in [1.165, 1.54) is 24.5 Å². The number of hydrogen-bond donors (Lipinski definition) is 0. The van der Waals surface area contributed by atoms with Crippen LogP contribution < -0.4 is 0 Å². The smallest absolute Gasteiger partial charge is 0.337 e. The largest absolute Gasteiger partial charge is 0.418 e. The van der Waals surface area contributed by atoms with Crippen molar-refractivity contribution in [3.05, 3.63) is 64.1 Å². The van der Waals surface area contributed by atoms with Crippen molar-refractivity contribution in [3.8, 4) is 17.5 Å². The SMILES string of the molecule is CCCc1cc2c(C(F)(F)F)c(C#N)ccc2n1Cc1noc(-c2cc(S(C)=O)ccc2Cl)n1. The molecule has 0 saturated carbocycles.